The molecule has 1 N–H and O–H groups in total. The second kappa shape index (κ2) is 5.98. The number of carbonyl (C=O) groups is 2. The molecule has 25 heavy (non-hydrogen) atoms. The fraction of sp³-hybridized carbons (Fsp3) is 0.444. The van der Waals surface area contributed by atoms with Crippen molar-refractivity contribution in [3.8, 4) is 0 Å². The van der Waals surface area contributed by atoms with Crippen molar-refractivity contribution < 1.29 is 14.1 Å². The monoisotopic (exact) mass is 340 g/mol. The van der Waals surface area contributed by atoms with Crippen LogP contribution in [0.15, 0.2) is 35.2 Å². The molecule has 0 bridgehead atoms. The van der Waals surface area contributed by atoms with Crippen molar-refractivity contribution in [3.05, 3.63) is 47.6 Å². The molecule has 4 rings (SSSR count). The Hall–Kier alpha value is -2.70. The van der Waals surface area contributed by atoms with Gasteiger partial charge in [-0.05, 0) is 31.4 Å². The number of carbonyl (C=O) groups excluding carboxylic acids is 2. The first-order chi connectivity index (χ1) is 12.1. The van der Waals surface area contributed by atoms with E-state index in [-0.39, 0.29) is 23.3 Å². The number of likely N-dealkylation sites (tertiary alicyclic amines) is 1. The lowest BCUT2D eigenvalue weighted by molar-refractivity contribution is -0.120. The van der Waals surface area contributed by atoms with Crippen molar-refractivity contribution in [1.82, 2.24) is 20.4 Å². The number of hydrogen-bond acceptors (Lipinski definition) is 5. The molecule has 4 heterocycles. The molecule has 2 amide bonds. The second-order valence-corrected chi connectivity index (χ2v) is 6.84. The van der Waals surface area contributed by atoms with Gasteiger partial charge in [-0.25, -0.2) is 0 Å². The highest BCUT2D eigenvalue weighted by molar-refractivity contribution is 5.95. The summed E-state index contributed by atoms with van der Waals surface area (Å²) >= 11 is 0. The maximum absolute atomic E-state index is 12.6. The molecule has 2 aliphatic heterocycles. The fourth-order valence-corrected chi connectivity index (χ4v) is 4.07. The zero-order valence-corrected chi connectivity index (χ0v) is 14.1. The van der Waals surface area contributed by atoms with Crippen LogP contribution in [0.5, 0.6) is 0 Å². The average Bonchev–Trinajstić information content (AvgIpc) is 3.19. The van der Waals surface area contributed by atoms with Gasteiger partial charge in [0.25, 0.3) is 5.91 Å². The third-order valence-electron chi connectivity index (χ3n) is 5.46. The third-order valence-corrected chi connectivity index (χ3v) is 5.46. The molecule has 2 aromatic rings. The number of nitrogens with zero attached hydrogens (tertiary/aromatic N) is 3. The van der Waals surface area contributed by atoms with Crippen molar-refractivity contribution in [2.24, 2.45) is 0 Å². The van der Waals surface area contributed by atoms with Gasteiger partial charge in [0.15, 0.2) is 0 Å². The van der Waals surface area contributed by atoms with E-state index in [0.717, 1.165) is 18.4 Å². The van der Waals surface area contributed by atoms with Crippen LogP contribution >= 0.6 is 0 Å². The van der Waals surface area contributed by atoms with Crippen LogP contribution in [-0.4, -0.2) is 45.5 Å². The van der Waals surface area contributed by atoms with Crippen molar-refractivity contribution in [2.75, 3.05) is 13.1 Å². The quantitative estimate of drug-likeness (QED) is 0.898. The lowest BCUT2D eigenvalue weighted by atomic mass is 9.74. The molecule has 0 unspecified atom stereocenters. The number of aryl methyl sites for hydroxylation is 1. The number of amides is 2. The minimum Gasteiger partial charge on any atom is -0.361 e. The molecular formula is C18H20N4O3. The van der Waals surface area contributed by atoms with Gasteiger partial charge in [0.1, 0.15) is 11.3 Å². The summed E-state index contributed by atoms with van der Waals surface area (Å²) in [6.45, 7) is 2.93. The number of pyridine rings is 1. The highest BCUT2D eigenvalue weighted by Crippen LogP contribution is 2.43. The fourth-order valence-electron chi connectivity index (χ4n) is 4.07. The summed E-state index contributed by atoms with van der Waals surface area (Å²) in [5.74, 6) is 0.648. The van der Waals surface area contributed by atoms with Crippen LogP contribution in [-0.2, 0) is 4.79 Å². The Morgan fingerprint density at radius 1 is 1.36 bits per heavy atom. The molecule has 2 fully saturated rings. The SMILES string of the molecule is Cc1oncc1C(=O)N1CCC2(CC1)NC(=O)C[C@@H]2c1cccnc1. The molecule has 1 spiro atoms. The van der Waals surface area contributed by atoms with Crippen LogP contribution < -0.4 is 5.32 Å². The van der Waals surface area contributed by atoms with E-state index in [2.05, 4.69) is 15.5 Å². The Bertz CT molecular complexity index is 794. The first-order valence-corrected chi connectivity index (χ1v) is 8.50. The molecule has 2 aromatic heterocycles. The van der Waals surface area contributed by atoms with Gasteiger partial charge in [-0.3, -0.25) is 14.6 Å². The molecule has 2 saturated heterocycles. The van der Waals surface area contributed by atoms with Crippen LogP contribution in [0.25, 0.3) is 0 Å². The Morgan fingerprint density at radius 3 is 2.80 bits per heavy atom. The molecule has 0 aliphatic carbocycles. The van der Waals surface area contributed by atoms with E-state index >= 15 is 0 Å². The van der Waals surface area contributed by atoms with Gasteiger partial charge in [-0.2, -0.15) is 0 Å². The zero-order valence-electron chi connectivity index (χ0n) is 14.1. The number of hydrogen-bond donors (Lipinski definition) is 1. The number of aromatic nitrogens is 2. The molecule has 130 valence electrons. The van der Waals surface area contributed by atoms with E-state index in [1.165, 1.54) is 6.20 Å². The Kier molecular flexibility index (Phi) is 3.78. The van der Waals surface area contributed by atoms with Crippen molar-refractivity contribution in [3.63, 3.8) is 0 Å². The smallest absolute Gasteiger partial charge is 0.259 e. The van der Waals surface area contributed by atoms with E-state index in [1.807, 2.05) is 23.2 Å². The molecular weight excluding hydrogens is 320 g/mol. The van der Waals surface area contributed by atoms with Gasteiger partial charge in [0.05, 0.1) is 11.7 Å². The highest BCUT2D eigenvalue weighted by atomic mass is 16.5. The van der Waals surface area contributed by atoms with E-state index in [9.17, 15) is 9.59 Å². The minimum absolute atomic E-state index is 0.0594. The summed E-state index contributed by atoms with van der Waals surface area (Å²) in [6.07, 6.45) is 6.98. The average molecular weight is 340 g/mol. The van der Waals surface area contributed by atoms with Crippen LogP contribution in [0.2, 0.25) is 0 Å². The molecule has 0 radical (unpaired) electrons. The summed E-state index contributed by atoms with van der Waals surface area (Å²) in [4.78, 5) is 30.8. The summed E-state index contributed by atoms with van der Waals surface area (Å²) in [5, 5.41) is 6.87. The molecule has 2 aliphatic rings. The van der Waals surface area contributed by atoms with E-state index in [0.29, 0.717) is 30.8 Å². The predicted octanol–water partition coefficient (Wildman–Crippen LogP) is 1.66. The van der Waals surface area contributed by atoms with Crippen LogP contribution in [0.1, 0.15) is 46.9 Å². The number of nitrogens with one attached hydrogen (secondary N) is 1. The van der Waals surface area contributed by atoms with Gasteiger partial charge >= 0.3 is 0 Å². The topological polar surface area (TPSA) is 88.3 Å². The Balaban J connectivity index is 1.52. The molecule has 7 nitrogen and oxygen atoms in total. The maximum Gasteiger partial charge on any atom is 0.259 e. The van der Waals surface area contributed by atoms with E-state index < -0.39 is 0 Å². The standard InChI is InChI=1S/C18H20N4O3/c1-12-14(11-20-25-12)17(24)22-7-4-18(5-8-22)15(9-16(23)21-18)13-3-2-6-19-10-13/h2-3,6,10-11,15H,4-5,7-9H2,1H3,(H,21,23)/t15-/m1/s1. The van der Waals surface area contributed by atoms with Gasteiger partial charge in [0.2, 0.25) is 5.91 Å². The lowest BCUT2D eigenvalue weighted by Crippen LogP contribution is -2.54. The predicted molar refractivity (Wildman–Crippen MR) is 88.8 cm³/mol. The highest BCUT2D eigenvalue weighted by Gasteiger charge is 2.49. The van der Waals surface area contributed by atoms with Gasteiger partial charge in [-0.15, -0.1) is 0 Å². The Labute approximate surface area is 145 Å². The normalized spacial score (nSPS) is 22.2. The number of rotatable bonds is 2. The summed E-state index contributed by atoms with van der Waals surface area (Å²) in [6, 6.07) is 3.93. The molecule has 7 heteroatoms. The minimum atomic E-state index is -0.291. The largest absolute Gasteiger partial charge is 0.361 e. The Morgan fingerprint density at radius 2 is 2.16 bits per heavy atom. The van der Waals surface area contributed by atoms with Crippen molar-refractivity contribution in [2.45, 2.75) is 37.6 Å². The van der Waals surface area contributed by atoms with Gasteiger partial charge in [-0.1, -0.05) is 11.2 Å². The molecule has 0 saturated carbocycles. The third kappa shape index (κ3) is 2.69. The van der Waals surface area contributed by atoms with Crippen molar-refractivity contribution in [1.29, 1.82) is 0 Å². The first kappa shape index (κ1) is 15.8. The van der Waals surface area contributed by atoms with Gasteiger partial charge < -0.3 is 14.7 Å². The summed E-state index contributed by atoms with van der Waals surface area (Å²) < 4.78 is 5.00. The van der Waals surface area contributed by atoms with Crippen LogP contribution in [0.4, 0.5) is 0 Å². The van der Waals surface area contributed by atoms with Crippen LogP contribution in [0, 0.1) is 6.92 Å². The molecule has 1 atom stereocenters. The summed E-state index contributed by atoms with van der Waals surface area (Å²) in [7, 11) is 0. The van der Waals surface area contributed by atoms with Crippen molar-refractivity contribution >= 4 is 11.8 Å². The zero-order chi connectivity index (χ0) is 17.4. The summed E-state index contributed by atoms with van der Waals surface area (Å²) in [5.41, 5.74) is 1.30. The maximum atomic E-state index is 12.6. The number of piperidine rings is 1. The molecule has 0 aromatic carbocycles. The second-order valence-electron chi connectivity index (χ2n) is 6.84. The first-order valence-electron chi connectivity index (χ1n) is 8.50. The van der Waals surface area contributed by atoms with E-state index in [4.69, 9.17) is 4.52 Å². The van der Waals surface area contributed by atoms with Crippen LogP contribution in [0.3, 0.4) is 0 Å². The van der Waals surface area contributed by atoms with Gasteiger partial charge in [0, 0.05) is 37.8 Å². The van der Waals surface area contributed by atoms with E-state index in [1.54, 1.807) is 13.1 Å². The lowest BCUT2D eigenvalue weighted by Gasteiger charge is -2.42.